The lowest BCUT2D eigenvalue weighted by atomic mass is 10.0. The molecule has 0 radical (unpaired) electrons. The Labute approximate surface area is 157 Å². The van der Waals surface area contributed by atoms with Crippen LogP contribution in [0, 0.1) is 6.92 Å². The molecule has 0 amide bonds. The van der Waals surface area contributed by atoms with Crippen molar-refractivity contribution in [2.75, 3.05) is 24.7 Å². The van der Waals surface area contributed by atoms with Crippen LogP contribution in [0.2, 0.25) is 0 Å². The van der Waals surface area contributed by atoms with Gasteiger partial charge in [-0.3, -0.25) is 4.68 Å². The van der Waals surface area contributed by atoms with Crippen LogP contribution >= 0.6 is 0 Å². The van der Waals surface area contributed by atoms with Gasteiger partial charge in [-0.15, -0.1) is 0 Å². The van der Waals surface area contributed by atoms with E-state index in [9.17, 15) is 0 Å². The number of rotatable bonds is 3. The van der Waals surface area contributed by atoms with Crippen LogP contribution in [0.25, 0.3) is 5.52 Å². The third-order valence-corrected chi connectivity index (χ3v) is 6.08. The maximum absolute atomic E-state index is 5.62. The fourth-order valence-corrected chi connectivity index (χ4v) is 4.53. The summed E-state index contributed by atoms with van der Waals surface area (Å²) < 4.78 is 9.82. The maximum Gasteiger partial charge on any atom is 0.158 e. The molecule has 6 rings (SSSR count). The Hall–Kier alpha value is -2.48. The highest BCUT2D eigenvalue weighted by atomic mass is 16.5. The van der Waals surface area contributed by atoms with E-state index in [-0.39, 0.29) is 0 Å². The summed E-state index contributed by atoms with van der Waals surface area (Å²) in [4.78, 5) is 11.9. The van der Waals surface area contributed by atoms with Crippen molar-refractivity contribution in [2.24, 2.45) is 0 Å². The average molecular weight is 365 g/mol. The van der Waals surface area contributed by atoms with Gasteiger partial charge in [-0.2, -0.15) is 10.2 Å². The molecule has 1 aliphatic carbocycles. The predicted octanol–water partition coefficient (Wildman–Crippen LogP) is 2.03. The van der Waals surface area contributed by atoms with Crippen LogP contribution in [-0.2, 0) is 17.7 Å². The van der Waals surface area contributed by atoms with Crippen molar-refractivity contribution in [1.82, 2.24) is 29.4 Å². The van der Waals surface area contributed by atoms with Gasteiger partial charge >= 0.3 is 0 Å². The van der Waals surface area contributed by atoms with Gasteiger partial charge in [-0.05, 0) is 26.2 Å². The largest absolute Gasteiger partial charge is 0.381 e. The zero-order valence-corrected chi connectivity index (χ0v) is 15.5. The summed E-state index contributed by atoms with van der Waals surface area (Å²) in [7, 11) is 0. The van der Waals surface area contributed by atoms with Gasteiger partial charge in [0.2, 0.25) is 0 Å². The minimum Gasteiger partial charge on any atom is -0.381 e. The van der Waals surface area contributed by atoms with Crippen molar-refractivity contribution in [3.05, 3.63) is 35.3 Å². The molecule has 0 spiro atoms. The number of hydrogen-bond donors (Lipinski definition) is 0. The maximum atomic E-state index is 5.62. The number of hydrogen-bond acceptors (Lipinski definition) is 6. The average Bonchev–Trinajstić information content (AvgIpc) is 3.10. The molecule has 0 unspecified atom stereocenters. The van der Waals surface area contributed by atoms with E-state index in [2.05, 4.69) is 24.8 Å². The molecule has 3 aromatic heterocycles. The highest BCUT2D eigenvalue weighted by Gasteiger charge is 2.32. The van der Waals surface area contributed by atoms with Crippen LogP contribution < -0.4 is 4.90 Å². The molecule has 2 fully saturated rings. The zero-order valence-electron chi connectivity index (χ0n) is 15.5. The fraction of sp³-hybridized carbons (Fsp3) is 0.579. The second kappa shape index (κ2) is 5.76. The number of nitrogens with zero attached hydrogens (tertiary/aromatic N) is 7. The van der Waals surface area contributed by atoms with Gasteiger partial charge in [0.1, 0.15) is 17.7 Å². The topological polar surface area (TPSA) is 73.4 Å². The third kappa shape index (κ3) is 2.39. The zero-order chi connectivity index (χ0) is 18.0. The molecule has 2 aliphatic heterocycles. The van der Waals surface area contributed by atoms with Crippen molar-refractivity contribution in [1.29, 1.82) is 0 Å². The first-order valence-corrected chi connectivity index (χ1v) is 9.88. The molecule has 8 heteroatoms. The van der Waals surface area contributed by atoms with Gasteiger partial charge in [-0.1, -0.05) is 0 Å². The summed E-state index contributed by atoms with van der Waals surface area (Å²) in [6, 6.07) is 0.637. The Kier molecular flexibility index (Phi) is 3.32. The van der Waals surface area contributed by atoms with Gasteiger partial charge in [0.05, 0.1) is 24.5 Å². The van der Waals surface area contributed by atoms with Crippen LogP contribution in [-0.4, -0.2) is 49.1 Å². The normalized spacial score (nSPS) is 22.6. The summed E-state index contributed by atoms with van der Waals surface area (Å²) >= 11 is 0. The molecule has 140 valence electrons. The Bertz CT molecular complexity index is 1010. The Morgan fingerprint density at radius 2 is 2.11 bits per heavy atom. The molecule has 3 aromatic rings. The lowest BCUT2D eigenvalue weighted by Crippen LogP contribution is -2.32. The molecule has 5 heterocycles. The smallest absolute Gasteiger partial charge is 0.158 e. The molecular weight excluding hydrogens is 342 g/mol. The summed E-state index contributed by atoms with van der Waals surface area (Å²) in [5.74, 6) is 2.23. The van der Waals surface area contributed by atoms with E-state index in [4.69, 9.17) is 9.72 Å². The molecule has 3 aliphatic rings. The molecule has 1 atom stereocenters. The number of ether oxygens (including phenoxy) is 1. The van der Waals surface area contributed by atoms with Crippen LogP contribution in [0.15, 0.2) is 12.5 Å². The third-order valence-electron chi connectivity index (χ3n) is 6.08. The monoisotopic (exact) mass is 365 g/mol. The number of anilines is 1. The van der Waals surface area contributed by atoms with Crippen molar-refractivity contribution in [3.63, 3.8) is 0 Å². The Balaban J connectivity index is 1.42. The minimum absolute atomic E-state index is 0.330. The van der Waals surface area contributed by atoms with E-state index in [0.717, 1.165) is 62.0 Å². The van der Waals surface area contributed by atoms with E-state index in [1.807, 2.05) is 17.6 Å². The molecular formula is C19H23N7O. The van der Waals surface area contributed by atoms with Gasteiger partial charge < -0.3 is 9.64 Å². The minimum atomic E-state index is 0.330. The van der Waals surface area contributed by atoms with Crippen LogP contribution in [0.5, 0.6) is 0 Å². The second-order valence-corrected chi connectivity index (χ2v) is 7.91. The first-order chi connectivity index (χ1) is 13.3. The standard InChI is InChI=1S/C19H23N7O/c1-12-23-17(13-5-7-27-10-13)18-19(20-11-22-25(12)18)24-6-4-16-14(9-24)8-21-26(16)15-2-3-15/h8,11,13,15H,2-7,9-10H2,1H3/t13-/m0/s1. The van der Waals surface area contributed by atoms with E-state index < -0.39 is 0 Å². The number of aromatic nitrogens is 6. The van der Waals surface area contributed by atoms with Crippen LogP contribution in [0.4, 0.5) is 5.82 Å². The van der Waals surface area contributed by atoms with E-state index in [0.29, 0.717) is 12.0 Å². The van der Waals surface area contributed by atoms with Gasteiger partial charge in [0, 0.05) is 43.3 Å². The fourth-order valence-electron chi connectivity index (χ4n) is 4.53. The SMILES string of the molecule is Cc1nc([C@H]2CCOC2)c2c(N3CCc4c(cnn4C4CC4)C3)ncnn12. The first-order valence-electron chi connectivity index (χ1n) is 9.88. The highest BCUT2D eigenvalue weighted by molar-refractivity contribution is 5.73. The molecule has 1 saturated carbocycles. The van der Waals surface area contributed by atoms with Crippen molar-refractivity contribution >= 4 is 11.3 Å². The van der Waals surface area contributed by atoms with E-state index >= 15 is 0 Å². The van der Waals surface area contributed by atoms with Crippen LogP contribution in [0.3, 0.4) is 0 Å². The Morgan fingerprint density at radius 1 is 1.19 bits per heavy atom. The lowest BCUT2D eigenvalue weighted by Gasteiger charge is -2.29. The molecule has 27 heavy (non-hydrogen) atoms. The lowest BCUT2D eigenvalue weighted by molar-refractivity contribution is 0.193. The van der Waals surface area contributed by atoms with Crippen molar-refractivity contribution in [3.8, 4) is 0 Å². The quantitative estimate of drug-likeness (QED) is 0.707. The van der Waals surface area contributed by atoms with Gasteiger partial charge in [0.15, 0.2) is 5.82 Å². The molecule has 8 nitrogen and oxygen atoms in total. The summed E-state index contributed by atoms with van der Waals surface area (Å²) in [5, 5.41) is 9.13. The number of fused-ring (bicyclic) bond motifs is 2. The molecule has 0 bridgehead atoms. The molecule has 1 saturated heterocycles. The van der Waals surface area contributed by atoms with E-state index in [1.54, 1.807) is 6.33 Å². The van der Waals surface area contributed by atoms with Gasteiger partial charge in [-0.25, -0.2) is 14.5 Å². The van der Waals surface area contributed by atoms with Gasteiger partial charge in [0.25, 0.3) is 0 Å². The molecule has 0 N–H and O–H groups in total. The summed E-state index contributed by atoms with van der Waals surface area (Å²) in [6.07, 6.45) is 8.26. The van der Waals surface area contributed by atoms with Crippen molar-refractivity contribution < 1.29 is 4.74 Å². The number of aryl methyl sites for hydroxylation is 1. The van der Waals surface area contributed by atoms with Crippen molar-refractivity contribution in [2.45, 2.75) is 51.1 Å². The predicted molar refractivity (Wildman–Crippen MR) is 98.9 cm³/mol. The number of imidazole rings is 1. The summed E-state index contributed by atoms with van der Waals surface area (Å²) in [6.45, 7) is 5.34. The highest BCUT2D eigenvalue weighted by Crippen LogP contribution is 2.38. The molecule has 0 aromatic carbocycles. The summed E-state index contributed by atoms with van der Waals surface area (Å²) in [5.41, 5.74) is 4.86. The first kappa shape index (κ1) is 15.6. The second-order valence-electron chi connectivity index (χ2n) is 7.91. The van der Waals surface area contributed by atoms with E-state index in [1.165, 1.54) is 24.1 Å². The Morgan fingerprint density at radius 3 is 2.93 bits per heavy atom. The van der Waals surface area contributed by atoms with Crippen LogP contribution in [0.1, 0.15) is 54.0 Å².